The van der Waals surface area contributed by atoms with Crippen LogP contribution in [-0.2, 0) is 16.0 Å². The number of aryl methyl sites for hydroxylation is 1. The molecule has 132 valence electrons. The number of hydrogen-bond donors (Lipinski definition) is 2. The lowest BCUT2D eigenvalue weighted by molar-refractivity contribution is -0.149. The monoisotopic (exact) mass is 334 g/mol. The second-order valence-electron chi connectivity index (χ2n) is 6.00. The van der Waals surface area contributed by atoms with Crippen molar-refractivity contribution in [2.75, 3.05) is 0 Å². The van der Waals surface area contributed by atoms with Crippen LogP contribution in [0.2, 0.25) is 0 Å². The van der Waals surface area contributed by atoms with Gasteiger partial charge in [0.1, 0.15) is 17.8 Å². The zero-order chi connectivity index (χ0) is 18.1. The van der Waals surface area contributed by atoms with Crippen LogP contribution in [0.15, 0.2) is 24.3 Å². The number of Topliss-reactive ketones (excluding diaryl/α,β-unsaturated/α-hetero) is 2. The smallest absolute Gasteiger partial charge is 0.317 e. The van der Waals surface area contributed by atoms with Gasteiger partial charge >= 0.3 is 5.97 Å². The Morgan fingerprint density at radius 2 is 1.62 bits per heavy atom. The van der Waals surface area contributed by atoms with Crippen LogP contribution < -0.4 is 0 Å². The van der Waals surface area contributed by atoms with Gasteiger partial charge in [0.25, 0.3) is 0 Å². The van der Waals surface area contributed by atoms with Gasteiger partial charge in [0.05, 0.1) is 0 Å². The lowest BCUT2D eigenvalue weighted by atomic mass is 9.89. The molecule has 0 saturated carbocycles. The molecular weight excluding hydrogens is 308 g/mol. The minimum absolute atomic E-state index is 0.0255. The molecule has 0 saturated heterocycles. The minimum Gasteiger partial charge on any atom is -0.481 e. The van der Waals surface area contributed by atoms with Crippen LogP contribution in [0, 0.1) is 5.92 Å². The Morgan fingerprint density at radius 1 is 1.00 bits per heavy atom. The molecule has 0 bridgehead atoms. The fourth-order valence-electron chi connectivity index (χ4n) is 2.59. The van der Waals surface area contributed by atoms with Crippen LogP contribution >= 0.6 is 0 Å². The summed E-state index contributed by atoms with van der Waals surface area (Å²) in [6.45, 7) is 3.87. The molecule has 1 aromatic carbocycles. The largest absolute Gasteiger partial charge is 0.481 e. The summed E-state index contributed by atoms with van der Waals surface area (Å²) < 4.78 is 0. The molecule has 2 atom stereocenters. The van der Waals surface area contributed by atoms with E-state index in [2.05, 4.69) is 6.92 Å². The minimum atomic E-state index is -1.85. The van der Waals surface area contributed by atoms with Crippen molar-refractivity contribution in [2.24, 2.45) is 5.92 Å². The Labute approximate surface area is 142 Å². The number of aliphatic carboxylic acids is 1. The van der Waals surface area contributed by atoms with E-state index in [9.17, 15) is 19.5 Å². The first-order valence-electron chi connectivity index (χ1n) is 8.49. The van der Waals surface area contributed by atoms with Gasteiger partial charge in [-0.2, -0.15) is 0 Å². The molecule has 0 amide bonds. The van der Waals surface area contributed by atoms with Gasteiger partial charge in [-0.15, -0.1) is 0 Å². The molecule has 0 heterocycles. The van der Waals surface area contributed by atoms with Crippen molar-refractivity contribution < 1.29 is 24.6 Å². The van der Waals surface area contributed by atoms with E-state index in [1.165, 1.54) is 0 Å². The highest BCUT2D eigenvalue weighted by Crippen LogP contribution is 2.17. The number of carboxylic acids is 1. The Hall–Kier alpha value is -2.01. The van der Waals surface area contributed by atoms with Gasteiger partial charge in [-0.05, 0) is 24.8 Å². The van der Waals surface area contributed by atoms with E-state index in [0.29, 0.717) is 6.42 Å². The van der Waals surface area contributed by atoms with Crippen molar-refractivity contribution in [3.63, 3.8) is 0 Å². The van der Waals surface area contributed by atoms with Gasteiger partial charge in [0.2, 0.25) is 0 Å². The van der Waals surface area contributed by atoms with E-state index in [-0.39, 0.29) is 12.0 Å². The van der Waals surface area contributed by atoms with E-state index in [1.54, 1.807) is 31.2 Å². The molecule has 0 aliphatic carbocycles. The number of carboxylic acid groups (broad SMARTS) is 1. The molecule has 0 radical (unpaired) electrons. The van der Waals surface area contributed by atoms with E-state index in [1.807, 2.05) is 0 Å². The van der Waals surface area contributed by atoms with Gasteiger partial charge in [-0.1, -0.05) is 51.0 Å². The number of rotatable bonds is 11. The Bertz CT molecular complexity index is 562. The number of carbonyl (C=O) groups excluding carboxylic acids is 2. The average Bonchev–Trinajstić information content (AvgIpc) is 2.55. The second-order valence-corrected chi connectivity index (χ2v) is 6.00. The topological polar surface area (TPSA) is 91.7 Å². The number of aliphatic hydroxyl groups is 1. The van der Waals surface area contributed by atoms with Gasteiger partial charge in [0.15, 0.2) is 5.78 Å². The molecule has 2 unspecified atom stereocenters. The number of hydrogen-bond acceptors (Lipinski definition) is 4. The zero-order valence-corrected chi connectivity index (χ0v) is 14.3. The number of benzene rings is 1. The highest BCUT2D eigenvalue weighted by atomic mass is 16.4. The maximum Gasteiger partial charge on any atom is 0.317 e. The molecule has 0 aliphatic rings. The van der Waals surface area contributed by atoms with Crippen LogP contribution in [-0.4, -0.2) is 33.9 Å². The molecule has 0 aliphatic heterocycles. The van der Waals surface area contributed by atoms with Gasteiger partial charge in [-0.3, -0.25) is 14.4 Å². The third-order valence-electron chi connectivity index (χ3n) is 4.00. The van der Waals surface area contributed by atoms with Gasteiger partial charge in [-0.25, -0.2) is 0 Å². The van der Waals surface area contributed by atoms with E-state index >= 15 is 0 Å². The van der Waals surface area contributed by atoms with Crippen molar-refractivity contribution in [3.05, 3.63) is 35.4 Å². The van der Waals surface area contributed by atoms with Crippen molar-refractivity contribution in [3.8, 4) is 0 Å². The quantitative estimate of drug-likeness (QED) is 0.369. The van der Waals surface area contributed by atoms with Crippen LogP contribution in [0.3, 0.4) is 0 Å². The molecule has 0 fully saturated rings. The summed E-state index contributed by atoms with van der Waals surface area (Å²) in [6, 6.07) is 6.77. The molecule has 5 nitrogen and oxygen atoms in total. The van der Waals surface area contributed by atoms with Crippen LogP contribution in [0.4, 0.5) is 0 Å². The Morgan fingerprint density at radius 3 is 2.12 bits per heavy atom. The first-order valence-corrected chi connectivity index (χ1v) is 8.49. The maximum atomic E-state index is 12.3. The predicted octanol–water partition coefficient (Wildman–Crippen LogP) is 3.03. The summed E-state index contributed by atoms with van der Waals surface area (Å²) in [4.78, 5) is 35.4. The summed E-state index contributed by atoms with van der Waals surface area (Å²) in [5.74, 6) is -4.53. The normalized spacial score (nSPS) is 13.3. The summed E-state index contributed by atoms with van der Waals surface area (Å²) >= 11 is 0. The summed E-state index contributed by atoms with van der Waals surface area (Å²) in [6.07, 6.45) is 2.89. The molecule has 0 spiro atoms. The fraction of sp³-hybridized carbons (Fsp3) is 0.526. The predicted molar refractivity (Wildman–Crippen MR) is 91.0 cm³/mol. The number of carbonyl (C=O) groups is 3. The Kier molecular flexibility index (Phi) is 8.33. The zero-order valence-electron chi connectivity index (χ0n) is 14.3. The van der Waals surface area contributed by atoms with Gasteiger partial charge < -0.3 is 10.2 Å². The standard InChI is InChI=1S/C19H26O5/c1-3-5-6-8-13-9-11-14(12-10-13)17(21)18(22)16(19(23)24)15(20)7-4-2/h9-12,16,18,22H,3-8H2,1-2H3,(H,23,24). The molecule has 2 N–H and O–H groups in total. The third-order valence-corrected chi connectivity index (χ3v) is 4.00. The Balaban J connectivity index is 2.83. The maximum absolute atomic E-state index is 12.3. The third kappa shape index (κ3) is 5.57. The van der Waals surface area contributed by atoms with Crippen LogP contribution in [0.5, 0.6) is 0 Å². The molecule has 1 aromatic rings. The first kappa shape index (κ1) is 20.0. The molecule has 5 heteroatoms. The van der Waals surface area contributed by atoms with Crippen molar-refractivity contribution >= 4 is 17.5 Å². The van der Waals surface area contributed by atoms with Crippen molar-refractivity contribution in [1.29, 1.82) is 0 Å². The lowest BCUT2D eigenvalue weighted by Crippen LogP contribution is -2.40. The molecular formula is C19H26O5. The van der Waals surface area contributed by atoms with E-state index in [0.717, 1.165) is 31.2 Å². The number of ketones is 2. The van der Waals surface area contributed by atoms with E-state index < -0.39 is 29.6 Å². The van der Waals surface area contributed by atoms with Crippen molar-refractivity contribution in [1.82, 2.24) is 0 Å². The second kappa shape index (κ2) is 9.98. The summed E-state index contributed by atoms with van der Waals surface area (Å²) in [7, 11) is 0. The number of unbranched alkanes of at least 4 members (excludes halogenated alkanes) is 2. The number of aliphatic hydroxyl groups excluding tert-OH is 1. The van der Waals surface area contributed by atoms with E-state index in [4.69, 9.17) is 5.11 Å². The van der Waals surface area contributed by atoms with Crippen LogP contribution in [0.25, 0.3) is 0 Å². The average molecular weight is 334 g/mol. The molecule has 1 rings (SSSR count). The van der Waals surface area contributed by atoms with Crippen LogP contribution in [0.1, 0.15) is 61.9 Å². The molecule has 24 heavy (non-hydrogen) atoms. The summed E-state index contributed by atoms with van der Waals surface area (Å²) in [5, 5.41) is 19.3. The lowest BCUT2D eigenvalue weighted by Gasteiger charge is -2.17. The summed E-state index contributed by atoms with van der Waals surface area (Å²) in [5.41, 5.74) is 1.31. The highest BCUT2D eigenvalue weighted by Gasteiger charge is 2.37. The first-order chi connectivity index (χ1) is 11.4. The van der Waals surface area contributed by atoms with Gasteiger partial charge in [0, 0.05) is 12.0 Å². The van der Waals surface area contributed by atoms with Crippen molar-refractivity contribution in [2.45, 2.75) is 58.5 Å². The fourth-order valence-corrected chi connectivity index (χ4v) is 2.59. The molecule has 0 aromatic heterocycles. The highest BCUT2D eigenvalue weighted by molar-refractivity contribution is 6.08. The SMILES string of the molecule is CCCCCc1ccc(C(=O)C(O)C(C(=O)O)C(=O)CCC)cc1.